The molecule has 1 aliphatic heterocycles. The number of anilines is 1. The number of nitrogens with one attached hydrogen (secondary N) is 1. The van der Waals surface area contributed by atoms with E-state index in [0.29, 0.717) is 0 Å². The van der Waals surface area contributed by atoms with Crippen molar-refractivity contribution in [3.05, 3.63) is 41.1 Å². The molecule has 0 saturated carbocycles. The molecule has 7 heteroatoms. The minimum Gasteiger partial charge on any atom is -0.391 e. The van der Waals surface area contributed by atoms with Gasteiger partial charge in [-0.1, -0.05) is 0 Å². The van der Waals surface area contributed by atoms with Crippen LogP contribution in [0.4, 0.5) is 5.69 Å². The van der Waals surface area contributed by atoms with Crippen molar-refractivity contribution in [2.24, 2.45) is 0 Å². The Bertz CT molecular complexity index is 668. The average Bonchev–Trinajstić information content (AvgIpc) is 2.89. The fourth-order valence-corrected chi connectivity index (χ4v) is 2.64. The Labute approximate surface area is 128 Å². The van der Waals surface area contributed by atoms with Gasteiger partial charge in [0.1, 0.15) is 6.33 Å². The summed E-state index contributed by atoms with van der Waals surface area (Å²) in [7, 11) is 0. The molecular formula is C15H21N5O2. The van der Waals surface area contributed by atoms with Gasteiger partial charge in [-0.05, 0) is 31.2 Å². The van der Waals surface area contributed by atoms with E-state index in [-0.39, 0.29) is 12.2 Å². The van der Waals surface area contributed by atoms with E-state index >= 15 is 0 Å². The highest BCUT2D eigenvalue weighted by molar-refractivity contribution is 5.51. The third-order valence-electron chi connectivity index (χ3n) is 3.78. The molecule has 1 saturated heterocycles. The molecule has 1 atom stereocenters. The van der Waals surface area contributed by atoms with Crippen LogP contribution in [0.25, 0.3) is 5.69 Å². The second-order valence-corrected chi connectivity index (χ2v) is 5.57. The van der Waals surface area contributed by atoms with Gasteiger partial charge in [-0.25, -0.2) is 14.0 Å². The average molecular weight is 303 g/mol. The van der Waals surface area contributed by atoms with E-state index in [0.717, 1.165) is 37.6 Å². The number of aromatic nitrogens is 3. The van der Waals surface area contributed by atoms with E-state index < -0.39 is 6.10 Å². The summed E-state index contributed by atoms with van der Waals surface area (Å²) >= 11 is 0. The largest absolute Gasteiger partial charge is 0.391 e. The van der Waals surface area contributed by atoms with Crippen molar-refractivity contribution in [2.45, 2.75) is 19.6 Å². The second-order valence-electron chi connectivity index (χ2n) is 5.57. The lowest BCUT2D eigenvalue weighted by Gasteiger charge is -2.29. The Hall–Kier alpha value is -2.12. The molecule has 2 aromatic rings. The zero-order valence-electron chi connectivity index (χ0n) is 12.6. The number of benzene rings is 1. The van der Waals surface area contributed by atoms with Gasteiger partial charge in [0.2, 0.25) is 0 Å². The SMILES string of the molecule is CC(O)Cn1ncn(-c2ccc(N3CCNCC3)cc2)c1=O. The molecule has 0 spiro atoms. The maximum absolute atomic E-state index is 12.2. The predicted molar refractivity (Wildman–Crippen MR) is 84.6 cm³/mol. The molecule has 2 N–H and O–H groups in total. The van der Waals surface area contributed by atoms with Crippen LogP contribution in [0.1, 0.15) is 6.92 Å². The van der Waals surface area contributed by atoms with Gasteiger partial charge in [0, 0.05) is 31.9 Å². The third kappa shape index (κ3) is 3.05. The number of rotatable bonds is 4. The summed E-state index contributed by atoms with van der Waals surface area (Å²) in [5.74, 6) is 0. The first-order chi connectivity index (χ1) is 10.6. The third-order valence-corrected chi connectivity index (χ3v) is 3.78. The lowest BCUT2D eigenvalue weighted by atomic mass is 10.2. The summed E-state index contributed by atoms with van der Waals surface area (Å²) in [4.78, 5) is 14.5. The van der Waals surface area contributed by atoms with E-state index in [1.165, 1.54) is 15.6 Å². The molecule has 0 radical (unpaired) electrons. The number of hydrogen-bond donors (Lipinski definition) is 2. The molecule has 7 nitrogen and oxygen atoms in total. The monoisotopic (exact) mass is 303 g/mol. The van der Waals surface area contributed by atoms with Crippen molar-refractivity contribution in [1.82, 2.24) is 19.7 Å². The highest BCUT2D eigenvalue weighted by Crippen LogP contribution is 2.17. The van der Waals surface area contributed by atoms with Crippen LogP contribution in [0, 0.1) is 0 Å². The molecule has 2 heterocycles. The van der Waals surface area contributed by atoms with Gasteiger partial charge in [-0.2, -0.15) is 5.10 Å². The lowest BCUT2D eigenvalue weighted by Crippen LogP contribution is -2.43. The Morgan fingerprint density at radius 3 is 2.50 bits per heavy atom. The predicted octanol–water partition coefficient (Wildman–Crippen LogP) is -0.176. The topological polar surface area (TPSA) is 75.3 Å². The summed E-state index contributed by atoms with van der Waals surface area (Å²) < 4.78 is 2.76. The minimum absolute atomic E-state index is 0.199. The highest BCUT2D eigenvalue weighted by atomic mass is 16.3. The van der Waals surface area contributed by atoms with Crippen molar-refractivity contribution in [2.75, 3.05) is 31.1 Å². The Morgan fingerprint density at radius 1 is 1.23 bits per heavy atom. The van der Waals surface area contributed by atoms with E-state index in [1.807, 2.05) is 24.3 Å². The van der Waals surface area contributed by atoms with E-state index in [4.69, 9.17) is 0 Å². The minimum atomic E-state index is -0.601. The maximum atomic E-state index is 12.2. The normalized spacial score (nSPS) is 16.7. The van der Waals surface area contributed by atoms with Crippen molar-refractivity contribution < 1.29 is 5.11 Å². The molecule has 118 valence electrons. The lowest BCUT2D eigenvalue weighted by molar-refractivity contribution is 0.166. The van der Waals surface area contributed by atoms with Gasteiger partial charge in [-0.3, -0.25) is 0 Å². The molecule has 1 aromatic carbocycles. The Morgan fingerprint density at radius 2 is 1.86 bits per heavy atom. The fourth-order valence-electron chi connectivity index (χ4n) is 2.64. The molecular weight excluding hydrogens is 282 g/mol. The quantitative estimate of drug-likeness (QED) is 0.820. The van der Waals surface area contributed by atoms with Gasteiger partial charge in [0.05, 0.1) is 18.3 Å². The van der Waals surface area contributed by atoms with Gasteiger partial charge in [0.15, 0.2) is 0 Å². The molecule has 1 fully saturated rings. The smallest absolute Gasteiger partial charge is 0.350 e. The fraction of sp³-hybridized carbons (Fsp3) is 0.467. The van der Waals surface area contributed by atoms with Crippen LogP contribution < -0.4 is 15.9 Å². The first kappa shape index (κ1) is 14.8. The molecule has 1 aliphatic rings. The summed E-state index contributed by atoms with van der Waals surface area (Å²) in [6.07, 6.45) is 0.890. The first-order valence-corrected chi connectivity index (χ1v) is 7.54. The van der Waals surface area contributed by atoms with Crippen LogP contribution in [0.3, 0.4) is 0 Å². The number of piperazine rings is 1. The van der Waals surface area contributed by atoms with E-state index in [2.05, 4.69) is 15.3 Å². The molecule has 0 aliphatic carbocycles. The van der Waals surface area contributed by atoms with E-state index in [1.54, 1.807) is 6.92 Å². The van der Waals surface area contributed by atoms with Crippen LogP contribution in [-0.4, -0.2) is 51.7 Å². The molecule has 0 amide bonds. The van der Waals surface area contributed by atoms with Gasteiger partial charge in [0.25, 0.3) is 0 Å². The van der Waals surface area contributed by atoms with Crippen LogP contribution >= 0.6 is 0 Å². The number of hydrogen-bond acceptors (Lipinski definition) is 5. The van der Waals surface area contributed by atoms with Crippen LogP contribution in [0.2, 0.25) is 0 Å². The summed E-state index contributed by atoms with van der Waals surface area (Å²) in [5, 5.41) is 16.7. The summed E-state index contributed by atoms with van der Waals surface area (Å²) in [5.41, 5.74) is 1.70. The Balaban J connectivity index is 1.81. The second kappa shape index (κ2) is 6.33. The number of aliphatic hydroxyl groups excluding tert-OH is 1. The van der Waals surface area contributed by atoms with Gasteiger partial charge >= 0.3 is 5.69 Å². The number of aliphatic hydroxyl groups is 1. The van der Waals surface area contributed by atoms with Gasteiger partial charge in [-0.15, -0.1) is 0 Å². The van der Waals surface area contributed by atoms with Crippen molar-refractivity contribution >= 4 is 5.69 Å². The standard InChI is InChI=1S/C15H21N5O2/c1-12(21)10-20-15(22)19(11-17-20)14-4-2-13(3-5-14)18-8-6-16-7-9-18/h2-5,11-12,16,21H,6-10H2,1H3. The van der Waals surface area contributed by atoms with Crippen molar-refractivity contribution in [3.63, 3.8) is 0 Å². The summed E-state index contributed by atoms with van der Waals surface area (Å²) in [6, 6.07) is 7.90. The zero-order chi connectivity index (χ0) is 15.5. The zero-order valence-corrected chi connectivity index (χ0v) is 12.6. The highest BCUT2D eigenvalue weighted by Gasteiger charge is 2.12. The molecule has 22 heavy (non-hydrogen) atoms. The molecule has 1 aromatic heterocycles. The molecule has 3 rings (SSSR count). The molecule has 1 unspecified atom stereocenters. The van der Waals surface area contributed by atoms with E-state index in [9.17, 15) is 9.90 Å². The maximum Gasteiger partial charge on any atom is 0.350 e. The van der Waals surface area contributed by atoms with Crippen LogP contribution in [-0.2, 0) is 6.54 Å². The van der Waals surface area contributed by atoms with Crippen LogP contribution in [0.15, 0.2) is 35.4 Å². The summed E-state index contributed by atoms with van der Waals surface area (Å²) in [6.45, 7) is 5.80. The first-order valence-electron chi connectivity index (χ1n) is 7.54. The van der Waals surface area contributed by atoms with Crippen LogP contribution in [0.5, 0.6) is 0 Å². The molecule has 0 bridgehead atoms. The number of nitrogens with zero attached hydrogens (tertiary/aromatic N) is 4. The van der Waals surface area contributed by atoms with Crippen molar-refractivity contribution in [1.29, 1.82) is 0 Å². The Kier molecular flexibility index (Phi) is 4.26. The van der Waals surface area contributed by atoms with Crippen molar-refractivity contribution in [3.8, 4) is 5.69 Å². The van der Waals surface area contributed by atoms with Gasteiger partial charge < -0.3 is 15.3 Å².